The van der Waals surface area contributed by atoms with Gasteiger partial charge in [0.05, 0.1) is 25.0 Å². The first kappa shape index (κ1) is 32.7. The van der Waals surface area contributed by atoms with Gasteiger partial charge in [0.25, 0.3) is 0 Å². The number of amides is 2. The Labute approximate surface area is 242 Å². The smallest absolute Gasteiger partial charge is 0.239 e. The summed E-state index contributed by atoms with van der Waals surface area (Å²) in [6.07, 6.45) is 12.3. The van der Waals surface area contributed by atoms with Crippen LogP contribution in [0.15, 0.2) is 12.7 Å². The van der Waals surface area contributed by atoms with E-state index < -0.39 is 36.5 Å². The lowest BCUT2D eigenvalue weighted by atomic mass is 9.96. The molecule has 0 spiro atoms. The van der Waals surface area contributed by atoms with Crippen LogP contribution in [0.5, 0.6) is 0 Å². The molecule has 230 valence electrons. The summed E-state index contributed by atoms with van der Waals surface area (Å²) in [6, 6.07) is -0.856. The number of nitrogens with one attached hydrogen (secondary N) is 4. The minimum absolute atomic E-state index is 0.172. The highest BCUT2D eigenvalue weighted by Crippen LogP contribution is 2.24. The second-order valence-electron chi connectivity index (χ2n) is 11.5. The first-order chi connectivity index (χ1) is 19.8. The molecule has 41 heavy (non-hydrogen) atoms. The molecule has 1 saturated heterocycles. The van der Waals surface area contributed by atoms with Crippen molar-refractivity contribution in [2.45, 2.75) is 128 Å². The quantitative estimate of drug-likeness (QED) is 0.146. The van der Waals surface area contributed by atoms with Gasteiger partial charge >= 0.3 is 0 Å². The van der Waals surface area contributed by atoms with Crippen LogP contribution in [0.4, 0.5) is 5.82 Å². The van der Waals surface area contributed by atoms with Crippen LogP contribution in [-0.2, 0) is 14.3 Å². The first-order valence-electron chi connectivity index (χ1n) is 15.2. The molecular weight excluding hydrogens is 526 g/mol. The van der Waals surface area contributed by atoms with Crippen LogP contribution in [0.1, 0.15) is 97.8 Å². The fourth-order valence-corrected chi connectivity index (χ4v) is 5.15. The predicted molar refractivity (Wildman–Crippen MR) is 157 cm³/mol. The van der Waals surface area contributed by atoms with Crippen molar-refractivity contribution in [2.75, 3.05) is 11.9 Å². The fourth-order valence-electron chi connectivity index (χ4n) is 5.15. The van der Waals surface area contributed by atoms with Gasteiger partial charge in [-0.25, -0.2) is 15.0 Å². The summed E-state index contributed by atoms with van der Waals surface area (Å²) in [5.41, 5.74) is 0.983. The number of carbonyl (C=O) groups excluding carboxylic acids is 2. The third-order valence-electron chi connectivity index (χ3n) is 7.61. The maximum absolute atomic E-state index is 12.5. The number of aromatic nitrogens is 4. The zero-order chi connectivity index (χ0) is 29.6. The van der Waals surface area contributed by atoms with E-state index in [4.69, 9.17) is 4.74 Å². The second kappa shape index (κ2) is 17.2. The topological polar surface area (TPSA) is 174 Å². The summed E-state index contributed by atoms with van der Waals surface area (Å²) in [7, 11) is 0. The molecule has 1 aliphatic heterocycles. The Morgan fingerprint density at radius 1 is 0.927 bits per heavy atom. The van der Waals surface area contributed by atoms with Crippen molar-refractivity contribution in [3.05, 3.63) is 12.7 Å². The highest BCUT2D eigenvalue weighted by Gasteiger charge is 2.43. The van der Waals surface area contributed by atoms with E-state index in [1.165, 1.54) is 64.0 Å². The van der Waals surface area contributed by atoms with E-state index in [0.717, 1.165) is 25.2 Å². The number of hydrogen-bond acceptors (Lipinski definition) is 9. The van der Waals surface area contributed by atoms with Crippen molar-refractivity contribution in [2.24, 2.45) is 5.92 Å². The van der Waals surface area contributed by atoms with Crippen molar-refractivity contribution in [1.29, 1.82) is 0 Å². The summed E-state index contributed by atoms with van der Waals surface area (Å²) in [6.45, 7) is 6.04. The minimum atomic E-state index is -1.35. The molecule has 1 aliphatic rings. The third-order valence-corrected chi connectivity index (χ3v) is 7.61. The maximum Gasteiger partial charge on any atom is 0.239 e. The lowest BCUT2D eigenvalue weighted by Gasteiger charge is -2.42. The number of ether oxygens (including phenoxy) is 1. The maximum atomic E-state index is 12.5. The number of rotatable bonds is 18. The van der Waals surface area contributed by atoms with E-state index in [9.17, 15) is 19.8 Å². The van der Waals surface area contributed by atoms with Gasteiger partial charge < -0.3 is 35.9 Å². The molecule has 3 heterocycles. The van der Waals surface area contributed by atoms with Crippen molar-refractivity contribution in [3.63, 3.8) is 0 Å². The first-order valence-corrected chi connectivity index (χ1v) is 15.2. The average Bonchev–Trinajstić information content (AvgIpc) is 3.43. The van der Waals surface area contributed by atoms with Gasteiger partial charge in [0, 0.05) is 6.42 Å². The van der Waals surface area contributed by atoms with E-state index in [-0.39, 0.29) is 12.5 Å². The molecular formula is C29H49N7O5. The number of nitrogens with zero attached hydrogens (tertiary/aromatic N) is 3. The molecule has 5 atom stereocenters. The van der Waals surface area contributed by atoms with Gasteiger partial charge in [-0.1, -0.05) is 78.1 Å². The molecule has 0 aliphatic carbocycles. The van der Waals surface area contributed by atoms with Gasteiger partial charge in [0.1, 0.15) is 24.1 Å². The highest BCUT2D eigenvalue weighted by atomic mass is 16.5. The second-order valence-corrected chi connectivity index (χ2v) is 11.5. The van der Waals surface area contributed by atoms with Gasteiger partial charge in [0.2, 0.25) is 11.8 Å². The van der Waals surface area contributed by atoms with Crippen LogP contribution in [0.3, 0.4) is 0 Å². The Morgan fingerprint density at radius 3 is 2.27 bits per heavy atom. The normalized spacial score (nSPS) is 22.6. The van der Waals surface area contributed by atoms with Crippen LogP contribution >= 0.6 is 0 Å². The van der Waals surface area contributed by atoms with E-state index in [2.05, 4.69) is 49.7 Å². The molecule has 0 radical (unpaired) electrons. The molecule has 6 N–H and O–H groups in total. The number of H-pyrrole nitrogens is 1. The number of hydrogen-bond donors (Lipinski definition) is 6. The highest BCUT2D eigenvalue weighted by molar-refractivity contribution is 5.85. The third kappa shape index (κ3) is 10.8. The van der Waals surface area contributed by atoms with E-state index in [1.54, 1.807) is 6.92 Å². The standard InChI is InChI=1S/C29H49N7O5/c1-19(2)14-12-10-8-6-4-5-7-9-11-13-15-21(37)30-16-22(38)35-23-20(3)41-29(26(40)25(23)39)36-28-24-27(32-17-31-24)33-18-34-28/h17-20,23,25-26,29,39-40H,4-16H2,1-3H3,(H,30,37)(H,35,38)(H2,31,32,33,34,36)/t20-,23+,25-,26-,29+/m0/s1. The number of anilines is 1. The van der Waals surface area contributed by atoms with Crippen molar-refractivity contribution in [3.8, 4) is 0 Å². The van der Waals surface area contributed by atoms with Crippen molar-refractivity contribution in [1.82, 2.24) is 30.6 Å². The van der Waals surface area contributed by atoms with E-state index in [0.29, 0.717) is 23.4 Å². The van der Waals surface area contributed by atoms with Crippen molar-refractivity contribution < 1.29 is 24.5 Å². The number of aromatic amines is 1. The van der Waals surface area contributed by atoms with Crippen LogP contribution in [0.2, 0.25) is 0 Å². The number of imidazole rings is 1. The number of unbranched alkanes of at least 4 members (excludes halogenated alkanes) is 9. The monoisotopic (exact) mass is 575 g/mol. The molecule has 3 rings (SSSR count). The summed E-state index contributed by atoms with van der Waals surface area (Å²) < 4.78 is 5.85. The number of fused-ring (bicyclic) bond motifs is 1. The Bertz CT molecular complexity index is 1070. The Kier molecular flexibility index (Phi) is 13.7. The summed E-state index contributed by atoms with van der Waals surface area (Å²) >= 11 is 0. The zero-order valence-corrected chi connectivity index (χ0v) is 24.8. The molecule has 2 aromatic heterocycles. The van der Waals surface area contributed by atoms with Crippen LogP contribution in [0, 0.1) is 5.92 Å². The summed E-state index contributed by atoms with van der Waals surface area (Å²) in [5.74, 6) is 0.539. The number of aliphatic hydroxyl groups is 2. The van der Waals surface area contributed by atoms with E-state index >= 15 is 0 Å². The largest absolute Gasteiger partial charge is 0.388 e. The molecule has 2 aromatic rings. The predicted octanol–water partition coefficient (Wildman–Crippen LogP) is 3.17. The van der Waals surface area contributed by atoms with Gasteiger partial charge in [-0.15, -0.1) is 0 Å². The van der Waals surface area contributed by atoms with Crippen LogP contribution < -0.4 is 16.0 Å². The molecule has 0 bridgehead atoms. The Hall–Kier alpha value is -2.83. The van der Waals surface area contributed by atoms with E-state index in [1.807, 2.05) is 0 Å². The van der Waals surface area contributed by atoms with Gasteiger partial charge in [-0.2, -0.15) is 0 Å². The fraction of sp³-hybridized carbons (Fsp3) is 0.759. The lowest BCUT2D eigenvalue weighted by molar-refractivity contribution is -0.172. The summed E-state index contributed by atoms with van der Waals surface area (Å²) in [4.78, 5) is 39.8. The molecule has 0 saturated carbocycles. The molecule has 1 fully saturated rings. The lowest BCUT2D eigenvalue weighted by Crippen LogP contribution is -2.64. The number of aliphatic hydroxyl groups excluding tert-OH is 2. The van der Waals surface area contributed by atoms with Gasteiger partial charge in [0.15, 0.2) is 17.7 Å². The molecule has 0 unspecified atom stereocenters. The Morgan fingerprint density at radius 2 is 1.59 bits per heavy atom. The van der Waals surface area contributed by atoms with Crippen LogP contribution in [-0.4, -0.2) is 79.1 Å². The van der Waals surface area contributed by atoms with Crippen LogP contribution in [0.25, 0.3) is 11.2 Å². The number of carbonyl (C=O) groups is 2. The molecule has 12 heteroatoms. The summed E-state index contributed by atoms with van der Waals surface area (Å²) in [5, 5.41) is 29.7. The molecule has 12 nitrogen and oxygen atoms in total. The molecule has 2 amide bonds. The minimum Gasteiger partial charge on any atom is -0.388 e. The SMILES string of the molecule is CC(C)CCCCCCCCCCCCC(=O)NCC(=O)N[C@H]1[C@H](O)[C@H](O)[C@H](Nc2ncnc3nc[nH]c23)O[C@H]1C. The van der Waals surface area contributed by atoms with Crippen molar-refractivity contribution >= 4 is 28.8 Å². The zero-order valence-electron chi connectivity index (χ0n) is 24.8. The average molecular weight is 576 g/mol. The van der Waals surface area contributed by atoms with Gasteiger partial charge in [-0.05, 0) is 19.3 Å². The Balaban J connectivity index is 1.26. The molecule has 0 aromatic carbocycles. The van der Waals surface area contributed by atoms with Gasteiger partial charge in [-0.3, -0.25) is 9.59 Å².